The molecule has 0 amide bonds. The number of hydrogen-bond acceptors (Lipinski definition) is 7. The van der Waals surface area contributed by atoms with Crippen molar-refractivity contribution < 1.29 is 15.0 Å². The largest absolute Gasteiger partial charge is 0.480 e. The minimum absolute atomic E-state index is 0.175. The Bertz CT molecular complexity index is 672. The lowest BCUT2D eigenvalue weighted by atomic mass is 9.90. The van der Waals surface area contributed by atoms with Gasteiger partial charge in [0.2, 0.25) is 5.95 Å². The number of aliphatic carboxylic acids is 1. The summed E-state index contributed by atoms with van der Waals surface area (Å²) < 4.78 is 0. The fourth-order valence-corrected chi connectivity index (χ4v) is 3.68. The van der Waals surface area contributed by atoms with Gasteiger partial charge in [0, 0.05) is 24.2 Å². The number of carboxylic acids is 1. The molecule has 1 unspecified atom stereocenters. The molecule has 1 aliphatic heterocycles. The molecule has 3 N–H and O–H groups in total. The zero-order valence-corrected chi connectivity index (χ0v) is 13.9. The van der Waals surface area contributed by atoms with Crippen molar-refractivity contribution >= 4 is 29.1 Å². The van der Waals surface area contributed by atoms with E-state index >= 15 is 0 Å². The van der Waals surface area contributed by atoms with Crippen molar-refractivity contribution in [3.63, 3.8) is 0 Å². The fraction of sp³-hybridized carbons (Fsp3) is 0.438. The number of thiophene rings is 1. The number of nitrogens with zero attached hydrogens (tertiary/aromatic N) is 3. The Morgan fingerprint density at radius 2 is 2.21 bits per heavy atom. The lowest BCUT2D eigenvalue weighted by Gasteiger charge is -2.34. The number of piperidine rings is 1. The van der Waals surface area contributed by atoms with Crippen LogP contribution in [-0.2, 0) is 4.79 Å². The van der Waals surface area contributed by atoms with Crippen LogP contribution in [-0.4, -0.2) is 45.8 Å². The monoisotopic (exact) mass is 348 g/mol. The van der Waals surface area contributed by atoms with Crippen molar-refractivity contribution in [2.45, 2.75) is 18.9 Å². The molecule has 2 aromatic rings. The highest BCUT2D eigenvalue weighted by Crippen LogP contribution is 2.33. The average molecular weight is 348 g/mol. The topological polar surface area (TPSA) is 98.6 Å². The zero-order chi connectivity index (χ0) is 16.9. The number of aliphatic hydroxyl groups excluding tert-OH is 1. The van der Waals surface area contributed by atoms with Crippen LogP contribution in [0.2, 0.25) is 0 Å². The summed E-state index contributed by atoms with van der Waals surface area (Å²) in [6.45, 7) is 1.37. The van der Waals surface area contributed by atoms with Crippen LogP contribution in [0, 0.1) is 5.92 Å². The van der Waals surface area contributed by atoms with E-state index in [-0.39, 0.29) is 12.5 Å². The third kappa shape index (κ3) is 4.01. The highest BCUT2D eigenvalue weighted by atomic mass is 32.1. The summed E-state index contributed by atoms with van der Waals surface area (Å²) in [7, 11) is 0. The molecule has 0 saturated carbocycles. The van der Waals surface area contributed by atoms with Gasteiger partial charge in [-0.3, -0.25) is 4.79 Å². The van der Waals surface area contributed by atoms with Gasteiger partial charge in [0.05, 0.1) is 6.10 Å². The van der Waals surface area contributed by atoms with E-state index in [9.17, 15) is 9.90 Å². The van der Waals surface area contributed by atoms with E-state index in [1.54, 1.807) is 23.6 Å². The second kappa shape index (κ2) is 7.59. The molecule has 0 radical (unpaired) electrons. The van der Waals surface area contributed by atoms with Crippen molar-refractivity contribution in [2.24, 2.45) is 5.92 Å². The molecule has 1 atom stereocenters. The predicted octanol–water partition coefficient (Wildman–Crippen LogP) is 1.98. The van der Waals surface area contributed by atoms with Crippen LogP contribution in [0.5, 0.6) is 0 Å². The molecular weight excluding hydrogens is 328 g/mol. The molecule has 2 aromatic heterocycles. The Labute approximate surface area is 144 Å². The first kappa shape index (κ1) is 16.7. The van der Waals surface area contributed by atoms with Gasteiger partial charge in [-0.15, -0.1) is 11.3 Å². The van der Waals surface area contributed by atoms with Crippen molar-refractivity contribution in [2.75, 3.05) is 29.9 Å². The SMILES string of the molecule is O=C(O)CNc1ccnc(N2CCC(C(O)c3cccs3)CC2)n1. The van der Waals surface area contributed by atoms with Crippen LogP contribution >= 0.6 is 11.3 Å². The summed E-state index contributed by atoms with van der Waals surface area (Å²) in [5, 5.41) is 23.9. The van der Waals surface area contributed by atoms with Gasteiger partial charge >= 0.3 is 5.97 Å². The predicted molar refractivity (Wildman–Crippen MR) is 92.4 cm³/mol. The minimum atomic E-state index is -0.932. The molecule has 128 valence electrons. The Morgan fingerprint density at radius 1 is 1.42 bits per heavy atom. The number of carboxylic acid groups (broad SMARTS) is 1. The van der Waals surface area contributed by atoms with Gasteiger partial charge in [-0.25, -0.2) is 4.98 Å². The Balaban J connectivity index is 1.58. The molecule has 0 spiro atoms. The van der Waals surface area contributed by atoms with E-state index in [4.69, 9.17) is 5.11 Å². The molecule has 0 aromatic carbocycles. The smallest absolute Gasteiger partial charge is 0.322 e. The highest BCUT2D eigenvalue weighted by Gasteiger charge is 2.27. The molecule has 7 nitrogen and oxygen atoms in total. The van der Waals surface area contributed by atoms with Crippen molar-refractivity contribution in [3.05, 3.63) is 34.7 Å². The maximum absolute atomic E-state index is 10.6. The van der Waals surface area contributed by atoms with E-state index in [0.717, 1.165) is 30.8 Å². The van der Waals surface area contributed by atoms with Gasteiger partial charge in [-0.1, -0.05) is 6.07 Å². The normalized spacial score (nSPS) is 16.8. The van der Waals surface area contributed by atoms with Gasteiger partial charge in [-0.05, 0) is 36.3 Å². The highest BCUT2D eigenvalue weighted by molar-refractivity contribution is 7.10. The summed E-state index contributed by atoms with van der Waals surface area (Å²) in [5.41, 5.74) is 0. The van der Waals surface area contributed by atoms with Crippen molar-refractivity contribution in [1.29, 1.82) is 0 Å². The summed E-state index contributed by atoms with van der Waals surface area (Å²) in [5.74, 6) is 0.407. The molecule has 1 saturated heterocycles. The molecule has 3 rings (SSSR count). The van der Waals surface area contributed by atoms with Gasteiger partial charge in [0.25, 0.3) is 0 Å². The quantitative estimate of drug-likeness (QED) is 0.734. The minimum Gasteiger partial charge on any atom is -0.480 e. The Morgan fingerprint density at radius 3 is 2.88 bits per heavy atom. The second-order valence-electron chi connectivity index (χ2n) is 5.77. The first-order valence-corrected chi connectivity index (χ1v) is 8.76. The van der Waals surface area contributed by atoms with Crippen LogP contribution in [0.3, 0.4) is 0 Å². The van der Waals surface area contributed by atoms with E-state index in [1.807, 2.05) is 17.5 Å². The molecule has 0 bridgehead atoms. The van der Waals surface area contributed by atoms with E-state index in [2.05, 4.69) is 20.2 Å². The molecule has 3 heterocycles. The number of anilines is 2. The van der Waals surface area contributed by atoms with Crippen LogP contribution < -0.4 is 10.2 Å². The van der Waals surface area contributed by atoms with Crippen molar-refractivity contribution in [1.82, 2.24) is 9.97 Å². The van der Waals surface area contributed by atoms with Crippen LogP contribution in [0.4, 0.5) is 11.8 Å². The molecule has 8 heteroatoms. The lowest BCUT2D eigenvalue weighted by Crippen LogP contribution is -2.36. The van der Waals surface area contributed by atoms with Crippen LogP contribution in [0.25, 0.3) is 0 Å². The van der Waals surface area contributed by atoms with E-state index in [0.29, 0.717) is 11.8 Å². The molecular formula is C16H20N4O3S. The molecule has 1 fully saturated rings. The summed E-state index contributed by atoms with van der Waals surface area (Å²) in [6.07, 6.45) is 2.96. The maximum Gasteiger partial charge on any atom is 0.322 e. The van der Waals surface area contributed by atoms with Crippen LogP contribution in [0.15, 0.2) is 29.8 Å². The third-order valence-corrected chi connectivity index (χ3v) is 5.11. The number of aromatic nitrogens is 2. The summed E-state index contributed by atoms with van der Waals surface area (Å²) >= 11 is 1.59. The molecule has 0 aliphatic carbocycles. The Kier molecular flexibility index (Phi) is 5.27. The summed E-state index contributed by atoms with van der Waals surface area (Å²) in [4.78, 5) is 22.4. The van der Waals surface area contributed by atoms with E-state index in [1.165, 1.54) is 0 Å². The first-order valence-electron chi connectivity index (χ1n) is 7.88. The summed E-state index contributed by atoms with van der Waals surface area (Å²) in [6, 6.07) is 5.59. The molecule has 1 aliphatic rings. The van der Waals surface area contributed by atoms with Crippen molar-refractivity contribution in [3.8, 4) is 0 Å². The number of hydrogen-bond donors (Lipinski definition) is 3. The second-order valence-corrected chi connectivity index (χ2v) is 6.75. The third-order valence-electron chi connectivity index (χ3n) is 4.17. The van der Waals surface area contributed by atoms with E-state index < -0.39 is 12.1 Å². The first-order chi connectivity index (χ1) is 11.6. The van der Waals surface area contributed by atoms with Gasteiger partial charge in [-0.2, -0.15) is 4.98 Å². The van der Waals surface area contributed by atoms with Gasteiger partial charge < -0.3 is 20.4 Å². The molecule has 24 heavy (non-hydrogen) atoms. The van der Waals surface area contributed by atoms with Gasteiger partial charge in [0.1, 0.15) is 12.4 Å². The maximum atomic E-state index is 10.6. The van der Waals surface area contributed by atoms with Crippen LogP contribution in [0.1, 0.15) is 23.8 Å². The number of nitrogens with one attached hydrogen (secondary N) is 1. The number of rotatable bonds is 6. The van der Waals surface area contributed by atoms with Gasteiger partial charge in [0.15, 0.2) is 0 Å². The average Bonchev–Trinajstić information content (AvgIpc) is 3.14. The zero-order valence-electron chi connectivity index (χ0n) is 13.1. The lowest BCUT2D eigenvalue weighted by molar-refractivity contribution is -0.134. The number of aliphatic hydroxyl groups is 1. The fourth-order valence-electron chi connectivity index (χ4n) is 2.87. The Hall–Kier alpha value is -2.19. The number of carbonyl (C=O) groups is 1. The standard InChI is InChI=1S/C16H20N4O3S/c21-14(22)10-18-13-3-6-17-16(19-13)20-7-4-11(5-8-20)15(23)12-2-1-9-24-12/h1-3,6,9,11,15,23H,4-5,7-8,10H2,(H,21,22)(H,17,18,19).